The van der Waals surface area contributed by atoms with E-state index >= 15 is 0 Å². The maximum atomic E-state index is 9.30. The van der Waals surface area contributed by atoms with Gasteiger partial charge in [-0.1, -0.05) is 6.07 Å². The molecule has 1 atom stereocenters. The van der Waals surface area contributed by atoms with Crippen molar-refractivity contribution >= 4 is 21.6 Å². The van der Waals surface area contributed by atoms with Crippen molar-refractivity contribution in [2.75, 3.05) is 31.1 Å². The Morgan fingerprint density at radius 1 is 1.28 bits per heavy atom. The number of piperazine rings is 1. The van der Waals surface area contributed by atoms with Crippen LogP contribution in [0.1, 0.15) is 18.4 Å². The molecule has 0 amide bonds. The van der Waals surface area contributed by atoms with Gasteiger partial charge in [0.05, 0.1) is 11.3 Å². The number of halogens is 1. The van der Waals surface area contributed by atoms with Gasteiger partial charge in [-0.3, -0.25) is 4.90 Å². The Morgan fingerprint density at radius 3 is 3.00 bits per heavy atom. The minimum absolute atomic E-state index is 0.685. The Hall–Kier alpha value is -1.05. The number of nitrogens with zero attached hydrogens (tertiary/aromatic N) is 3. The Morgan fingerprint density at radius 2 is 2.17 bits per heavy atom. The lowest BCUT2D eigenvalue weighted by molar-refractivity contribution is 0.231. The lowest BCUT2D eigenvalue weighted by Crippen LogP contribution is -2.50. The van der Waals surface area contributed by atoms with E-state index in [2.05, 4.69) is 37.9 Å². The van der Waals surface area contributed by atoms with Crippen LogP contribution in [0.4, 0.5) is 5.69 Å². The summed E-state index contributed by atoms with van der Waals surface area (Å²) in [6.07, 6.45) is 2.62. The number of nitriles is 1. The van der Waals surface area contributed by atoms with E-state index in [0.29, 0.717) is 6.04 Å². The van der Waals surface area contributed by atoms with Crippen LogP contribution in [-0.4, -0.2) is 37.1 Å². The molecule has 0 saturated carbocycles. The lowest BCUT2D eigenvalue weighted by atomic mass is 10.1. The van der Waals surface area contributed by atoms with Crippen molar-refractivity contribution in [3.8, 4) is 6.07 Å². The lowest BCUT2D eigenvalue weighted by Gasteiger charge is -2.39. The number of hydrogen-bond donors (Lipinski definition) is 0. The van der Waals surface area contributed by atoms with Gasteiger partial charge in [0.15, 0.2) is 0 Å². The van der Waals surface area contributed by atoms with Crippen molar-refractivity contribution in [1.29, 1.82) is 5.26 Å². The maximum absolute atomic E-state index is 9.30. The fourth-order valence-corrected chi connectivity index (χ4v) is 3.54. The summed E-state index contributed by atoms with van der Waals surface area (Å²) >= 11 is 3.47. The first-order valence-corrected chi connectivity index (χ1v) is 7.26. The minimum Gasteiger partial charge on any atom is -0.368 e. The van der Waals surface area contributed by atoms with E-state index in [-0.39, 0.29) is 0 Å². The summed E-state index contributed by atoms with van der Waals surface area (Å²) in [7, 11) is 0. The monoisotopic (exact) mass is 305 g/mol. The smallest absolute Gasteiger partial charge is 0.103 e. The van der Waals surface area contributed by atoms with Crippen molar-refractivity contribution in [3.05, 3.63) is 28.2 Å². The second-order valence-corrected chi connectivity index (χ2v) is 5.88. The van der Waals surface area contributed by atoms with E-state index in [1.807, 2.05) is 12.1 Å². The summed E-state index contributed by atoms with van der Waals surface area (Å²) in [5, 5.41) is 9.30. The molecule has 2 aliphatic heterocycles. The first-order chi connectivity index (χ1) is 8.79. The molecule has 1 aromatic carbocycles. The zero-order valence-electron chi connectivity index (χ0n) is 10.3. The van der Waals surface area contributed by atoms with Gasteiger partial charge in [0.25, 0.3) is 0 Å². The summed E-state index contributed by atoms with van der Waals surface area (Å²) < 4.78 is 0.899. The molecule has 2 heterocycles. The molecule has 0 radical (unpaired) electrons. The molecule has 0 aliphatic carbocycles. The topological polar surface area (TPSA) is 30.3 Å². The average Bonchev–Trinajstić information content (AvgIpc) is 2.85. The molecule has 0 N–H and O–H groups in total. The van der Waals surface area contributed by atoms with Crippen molar-refractivity contribution in [2.45, 2.75) is 18.9 Å². The van der Waals surface area contributed by atoms with Crippen LogP contribution in [0.5, 0.6) is 0 Å². The Bertz CT molecular complexity index is 494. The highest BCUT2D eigenvalue weighted by Crippen LogP contribution is 2.30. The molecule has 3 nitrogen and oxygen atoms in total. The maximum Gasteiger partial charge on any atom is 0.103 e. The SMILES string of the molecule is N#Cc1c(Br)cccc1N1CCN2CCCC2C1. The molecule has 18 heavy (non-hydrogen) atoms. The van der Waals surface area contributed by atoms with Crippen molar-refractivity contribution < 1.29 is 0 Å². The van der Waals surface area contributed by atoms with Crippen LogP contribution in [0, 0.1) is 11.3 Å². The van der Waals surface area contributed by atoms with E-state index < -0.39 is 0 Å². The highest BCUT2D eigenvalue weighted by atomic mass is 79.9. The second-order valence-electron chi connectivity index (χ2n) is 5.02. The third-order valence-corrected chi connectivity index (χ3v) is 4.69. The summed E-state index contributed by atoms with van der Waals surface area (Å²) in [6.45, 7) is 4.47. The molecular weight excluding hydrogens is 290 g/mol. The molecule has 4 heteroatoms. The standard InChI is InChI=1S/C14H16BrN3/c15-13-4-1-5-14(12(13)9-16)18-8-7-17-6-2-3-11(17)10-18/h1,4-5,11H,2-3,6-8,10H2. The molecule has 0 aromatic heterocycles. The third kappa shape index (κ3) is 2.02. The predicted octanol–water partition coefficient (Wildman–Crippen LogP) is 2.61. The van der Waals surface area contributed by atoms with Crippen molar-refractivity contribution in [2.24, 2.45) is 0 Å². The average molecular weight is 306 g/mol. The Labute approximate surface area is 116 Å². The molecule has 94 valence electrons. The third-order valence-electron chi connectivity index (χ3n) is 4.03. The number of benzene rings is 1. The van der Waals surface area contributed by atoms with Crippen LogP contribution in [0.25, 0.3) is 0 Å². The number of rotatable bonds is 1. The van der Waals surface area contributed by atoms with E-state index in [0.717, 1.165) is 35.4 Å². The largest absolute Gasteiger partial charge is 0.368 e. The van der Waals surface area contributed by atoms with Crippen LogP contribution >= 0.6 is 15.9 Å². The minimum atomic E-state index is 0.685. The summed E-state index contributed by atoms with van der Waals surface area (Å²) in [5.74, 6) is 0. The van der Waals surface area contributed by atoms with Crippen LogP contribution in [0.15, 0.2) is 22.7 Å². The Balaban J connectivity index is 1.87. The fraction of sp³-hybridized carbons (Fsp3) is 0.500. The molecule has 0 spiro atoms. The van der Waals surface area contributed by atoms with Crippen LogP contribution in [0.3, 0.4) is 0 Å². The molecule has 1 unspecified atom stereocenters. The fourth-order valence-electron chi connectivity index (χ4n) is 3.10. The van der Waals surface area contributed by atoms with Gasteiger partial charge in [0.1, 0.15) is 6.07 Å². The summed E-state index contributed by atoms with van der Waals surface area (Å²) in [5.41, 5.74) is 1.85. The van der Waals surface area contributed by atoms with Gasteiger partial charge < -0.3 is 4.90 Å². The molecular formula is C14H16BrN3. The van der Waals surface area contributed by atoms with Gasteiger partial charge in [-0.15, -0.1) is 0 Å². The number of hydrogen-bond acceptors (Lipinski definition) is 3. The van der Waals surface area contributed by atoms with Gasteiger partial charge in [0, 0.05) is 30.1 Å². The van der Waals surface area contributed by atoms with Gasteiger partial charge in [-0.05, 0) is 47.4 Å². The van der Waals surface area contributed by atoms with Gasteiger partial charge in [-0.2, -0.15) is 5.26 Å². The van der Waals surface area contributed by atoms with E-state index in [4.69, 9.17) is 0 Å². The summed E-state index contributed by atoms with van der Waals surface area (Å²) in [4.78, 5) is 4.95. The Kier molecular flexibility index (Phi) is 3.27. The van der Waals surface area contributed by atoms with Crippen LogP contribution < -0.4 is 4.90 Å². The van der Waals surface area contributed by atoms with Gasteiger partial charge >= 0.3 is 0 Å². The molecule has 2 fully saturated rings. The van der Waals surface area contributed by atoms with Gasteiger partial charge in [-0.25, -0.2) is 0 Å². The summed E-state index contributed by atoms with van der Waals surface area (Å²) in [6, 6.07) is 9.02. The molecule has 2 aliphatic rings. The number of anilines is 1. The van der Waals surface area contributed by atoms with Crippen LogP contribution in [-0.2, 0) is 0 Å². The molecule has 3 rings (SSSR count). The van der Waals surface area contributed by atoms with E-state index in [1.54, 1.807) is 0 Å². The van der Waals surface area contributed by atoms with Crippen LogP contribution in [0.2, 0.25) is 0 Å². The predicted molar refractivity (Wildman–Crippen MR) is 75.7 cm³/mol. The quantitative estimate of drug-likeness (QED) is 0.799. The van der Waals surface area contributed by atoms with E-state index in [1.165, 1.54) is 19.4 Å². The molecule has 1 aromatic rings. The van der Waals surface area contributed by atoms with Crippen molar-refractivity contribution in [1.82, 2.24) is 4.90 Å². The van der Waals surface area contributed by atoms with Gasteiger partial charge in [0.2, 0.25) is 0 Å². The highest BCUT2D eigenvalue weighted by Gasteiger charge is 2.31. The zero-order valence-corrected chi connectivity index (χ0v) is 11.9. The first kappa shape index (κ1) is 12.0. The van der Waals surface area contributed by atoms with E-state index in [9.17, 15) is 5.26 Å². The molecule has 2 saturated heterocycles. The number of fused-ring (bicyclic) bond motifs is 1. The molecule has 0 bridgehead atoms. The second kappa shape index (κ2) is 4.91. The highest BCUT2D eigenvalue weighted by molar-refractivity contribution is 9.10. The van der Waals surface area contributed by atoms with Crippen molar-refractivity contribution in [3.63, 3.8) is 0 Å². The first-order valence-electron chi connectivity index (χ1n) is 6.47. The zero-order chi connectivity index (χ0) is 12.5. The normalized spacial score (nSPS) is 23.8.